The van der Waals surface area contributed by atoms with E-state index in [1.807, 2.05) is 0 Å². The lowest BCUT2D eigenvalue weighted by Gasteiger charge is -2.16. The molecular formula is C10H20N2O4. The Hall–Kier alpha value is -1.14. The second kappa shape index (κ2) is 8.06. The van der Waals surface area contributed by atoms with Crippen molar-refractivity contribution in [2.75, 3.05) is 26.3 Å². The van der Waals surface area contributed by atoms with E-state index in [1.54, 1.807) is 13.8 Å². The topological polar surface area (TPSA) is 102 Å². The molecule has 1 atom stereocenters. The van der Waals surface area contributed by atoms with Crippen LogP contribution in [0.5, 0.6) is 0 Å². The summed E-state index contributed by atoms with van der Waals surface area (Å²) in [6.07, 6.45) is 0. The van der Waals surface area contributed by atoms with Crippen LogP contribution in [0.4, 0.5) is 0 Å². The van der Waals surface area contributed by atoms with Crippen LogP contribution in [0.15, 0.2) is 0 Å². The van der Waals surface area contributed by atoms with Crippen LogP contribution in [-0.4, -0.2) is 43.3 Å². The number of aliphatic carboxylic acids is 1. The van der Waals surface area contributed by atoms with Crippen LogP contribution in [0.3, 0.4) is 0 Å². The molecule has 1 amide bonds. The van der Waals surface area contributed by atoms with Gasteiger partial charge in [-0.3, -0.25) is 9.59 Å². The van der Waals surface area contributed by atoms with E-state index in [0.29, 0.717) is 13.2 Å². The Morgan fingerprint density at radius 3 is 2.50 bits per heavy atom. The van der Waals surface area contributed by atoms with Crippen LogP contribution in [0.2, 0.25) is 0 Å². The van der Waals surface area contributed by atoms with Crippen molar-refractivity contribution in [2.24, 2.45) is 17.6 Å². The van der Waals surface area contributed by atoms with E-state index >= 15 is 0 Å². The third kappa shape index (κ3) is 6.36. The van der Waals surface area contributed by atoms with E-state index in [0.717, 1.165) is 0 Å². The fourth-order valence-electron chi connectivity index (χ4n) is 1.13. The molecule has 4 N–H and O–H groups in total. The first-order chi connectivity index (χ1) is 7.49. The molecule has 0 aromatic carbocycles. The normalized spacial score (nSPS) is 12.5. The number of carbonyl (C=O) groups excluding carboxylic acids is 1. The molecule has 0 saturated carbocycles. The molecule has 0 fully saturated rings. The van der Waals surface area contributed by atoms with E-state index in [4.69, 9.17) is 15.6 Å². The zero-order valence-electron chi connectivity index (χ0n) is 9.73. The molecule has 0 radical (unpaired) electrons. The third-order valence-corrected chi connectivity index (χ3v) is 2.14. The minimum Gasteiger partial charge on any atom is -0.481 e. The van der Waals surface area contributed by atoms with Crippen LogP contribution in [-0.2, 0) is 14.3 Å². The quantitative estimate of drug-likeness (QED) is 0.487. The number of rotatable bonds is 8. The molecule has 16 heavy (non-hydrogen) atoms. The van der Waals surface area contributed by atoms with Gasteiger partial charge in [0, 0.05) is 13.1 Å². The average molecular weight is 232 g/mol. The van der Waals surface area contributed by atoms with Gasteiger partial charge in [-0.15, -0.1) is 0 Å². The maximum Gasteiger partial charge on any atom is 0.308 e. The Kier molecular flexibility index (Phi) is 7.49. The van der Waals surface area contributed by atoms with Crippen LogP contribution in [0.1, 0.15) is 13.8 Å². The first-order valence-corrected chi connectivity index (χ1v) is 5.26. The summed E-state index contributed by atoms with van der Waals surface area (Å²) in [5.41, 5.74) is 5.18. The molecule has 0 aliphatic rings. The number of nitrogens with two attached hydrogens (primary N) is 1. The van der Waals surface area contributed by atoms with Crippen molar-refractivity contribution in [1.82, 2.24) is 5.32 Å². The van der Waals surface area contributed by atoms with Gasteiger partial charge < -0.3 is 20.9 Å². The molecule has 0 aliphatic carbocycles. The fraction of sp³-hybridized carbons (Fsp3) is 0.800. The number of ether oxygens (including phenoxy) is 1. The van der Waals surface area contributed by atoms with Crippen LogP contribution >= 0.6 is 0 Å². The molecule has 0 saturated heterocycles. The largest absolute Gasteiger partial charge is 0.481 e. The van der Waals surface area contributed by atoms with E-state index in [9.17, 15) is 9.59 Å². The van der Waals surface area contributed by atoms with E-state index < -0.39 is 11.9 Å². The van der Waals surface area contributed by atoms with E-state index in [1.165, 1.54) is 0 Å². The SMILES string of the molecule is CC(C)C(CNC(=O)COCCN)C(=O)O. The van der Waals surface area contributed by atoms with Crippen molar-refractivity contribution < 1.29 is 19.4 Å². The average Bonchev–Trinajstić information content (AvgIpc) is 2.17. The van der Waals surface area contributed by atoms with Crippen molar-refractivity contribution in [2.45, 2.75) is 13.8 Å². The summed E-state index contributed by atoms with van der Waals surface area (Å²) in [4.78, 5) is 22.0. The third-order valence-electron chi connectivity index (χ3n) is 2.14. The number of carboxylic acids is 1. The Labute approximate surface area is 95.1 Å². The van der Waals surface area contributed by atoms with Gasteiger partial charge in [0.05, 0.1) is 12.5 Å². The smallest absolute Gasteiger partial charge is 0.308 e. The van der Waals surface area contributed by atoms with Gasteiger partial charge in [-0.2, -0.15) is 0 Å². The number of carbonyl (C=O) groups is 2. The van der Waals surface area contributed by atoms with Gasteiger partial charge in [-0.05, 0) is 5.92 Å². The molecule has 0 aromatic heterocycles. The van der Waals surface area contributed by atoms with E-state index in [-0.39, 0.29) is 25.0 Å². The summed E-state index contributed by atoms with van der Waals surface area (Å²) in [6, 6.07) is 0. The van der Waals surface area contributed by atoms with Crippen molar-refractivity contribution in [3.63, 3.8) is 0 Å². The Bertz CT molecular complexity index is 231. The molecule has 0 rings (SSSR count). The highest BCUT2D eigenvalue weighted by molar-refractivity contribution is 5.78. The molecule has 0 aliphatic heterocycles. The summed E-state index contributed by atoms with van der Waals surface area (Å²) in [7, 11) is 0. The summed E-state index contributed by atoms with van der Waals surface area (Å²) in [6.45, 7) is 4.32. The molecule has 94 valence electrons. The molecular weight excluding hydrogens is 212 g/mol. The maximum absolute atomic E-state index is 11.2. The van der Waals surface area contributed by atoms with Crippen LogP contribution in [0, 0.1) is 11.8 Å². The Morgan fingerprint density at radius 1 is 1.44 bits per heavy atom. The van der Waals surface area contributed by atoms with Gasteiger partial charge in [0.15, 0.2) is 0 Å². The highest BCUT2D eigenvalue weighted by Gasteiger charge is 2.21. The first-order valence-electron chi connectivity index (χ1n) is 5.26. The Balaban J connectivity index is 3.83. The van der Waals surface area contributed by atoms with Crippen molar-refractivity contribution in [3.8, 4) is 0 Å². The lowest BCUT2D eigenvalue weighted by molar-refractivity contribution is -0.143. The summed E-state index contributed by atoms with van der Waals surface area (Å²) in [5, 5.41) is 11.4. The first kappa shape index (κ1) is 14.9. The zero-order valence-corrected chi connectivity index (χ0v) is 9.73. The highest BCUT2D eigenvalue weighted by Crippen LogP contribution is 2.09. The second-order valence-electron chi connectivity index (χ2n) is 3.83. The van der Waals surface area contributed by atoms with Gasteiger partial charge >= 0.3 is 5.97 Å². The zero-order chi connectivity index (χ0) is 12.6. The molecule has 1 unspecified atom stereocenters. The summed E-state index contributed by atoms with van der Waals surface area (Å²) in [5.74, 6) is -1.82. The predicted octanol–water partition coefficient (Wildman–Crippen LogP) is -0.565. The summed E-state index contributed by atoms with van der Waals surface area (Å²) >= 11 is 0. The monoisotopic (exact) mass is 232 g/mol. The molecule has 0 spiro atoms. The molecule has 0 heterocycles. The van der Waals surface area contributed by atoms with Crippen LogP contribution in [0.25, 0.3) is 0 Å². The number of amides is 1. The number of nitrogens with one attached hydrogen (secondary N) is 1. The second-order valence-corrected chi connectivity index (χ2v) is 3.83. The summed E-state index contributed by atoms with van der Waals surface area (Å²) < 4.78 is 4.91. The highest BCUT2D eigenvalue weighted by atomic mass is 16.5. The van der Waals surface area contributed by atoms with Crippen molar-refractivity contribution in [3.05, 3.63) is 0 Å². The fourth-order valence-corrected chi connectivity index (χ4v) is 1.13. The predicted molar refractivity (Wildman–Crippen MR) is 58.8 cm³/mol. The number of carboxylic acid groups (broad SMARTS) is 1. The van der Waals surface area contributed by atoms with Gasteiger partial charge in [0.2, 0.25) is 5.91 Å². The maximum atomic E-state index is 11.2. The lowest BCUT2D eigenvalue weighted by Crippen LogP contribution is -2.37. The van der Waals surface area contributed by atoms with Crippen LogP contribution < -0.4 is 11.1 Å². The number of hydrogen-bond donors (Lipinski definition) is 3. The van der Waals surface area contributed by atoms with Gasteiger partial charge in [0.25, 0.3) is 0 Å². The molecule has 6 heteroatoms. The number of hydrogen-bond acceptors (Lipinski definition) is 4. The standard InChI is InChI=1S/C10H20N2O4/c1-7(2)8(10(14)15)5-12-9(13)6-16-4-3-11/h7-8H,3-6,11H2,1-2H3,(H,12,13)(H,14,15). The van der Waals surface area contributed by atoms with Crippen molar-refractivity contribution >= 4 is 11.9 Å². The van der Waals surface area contributed by atoms with Crippen molar-refractivity contribution in [1.29, 1.82) is 0 Å². The van der Waals surface area contributed by atoms with Gasteiger partial charge in [-0.25, -0.2) is 0 Å². The lowest BCUT2D eigenvalue weighted by atomic mass is 9.96. The Morgan fingerprint density at radius 2 is 2.06 bits per heavy atom. The molecule has 0 bridgehead atoms. The van der Waals surface area contributed by atoms with Gasteiger partial charge in [-0.1, -0.05) is 13.8 Å². The minimum absolute atomic E-state index is 0.0252. The minimum atomic E-state index is -0.904. The van der Waals surface area contributed by atoms with Gasteiger partial charge in [0.1, 0.15) is 6.61 Å². The molecule has 0 aromatic rings. The molecule has 6 nitrogen and oxygen atoms in total. The van der Waals surface area contributed by atoms with E-state index in [2.05, 4.69) is 5.32 Å².